The molecule has 92 valence electrons. The molecule has 0 aromatic heterocycles. The maximum absolute atomic E-state index is 10.8. The van der Waals surface area contributed by atoms with Crippen LogP contribution in [0.15, 0.2) is 24.3 Å². The largest absolute Gasteiger partial charge is 0.478 e. The van der Waals surface area contributed by atoms with Gasteiger partial charge in [0.15, 0.2) is 0 Å². The number of hydrogen-bond donors (Lipinski definition) is 1. The molecule has 1 aromatic carbocycles. The SMILES string of the molecule is CC(N(C)C)C1(c2ccc(C(=O)O)cc2)CC1. The van der Waals surface area contributed by atoms with Crippen LogP contribution in [0, 0.1) is 0 Å². The third-order valence-electron chi connectivity index (χ3n) is 4.07. The lowest BCUT2D eigenvalue weighted by atomic mass is 9.88. The fourth-order valence-electron chi connectivity index (χ4n) is 2.52. The normalized spacial score (nSPS) is 19.1. The van der Waals surface area contributed by atoms with Crippen LogP contribution >= 0.6 is 0 Å². The van der Waals surface area contributed by atoms with Gasteiger partial charge in [0.2, 0.25) is 0 Å². The monoisotopic (exact) mass is 233 g/mol. The summed E-state index contributed by atoms with van der Waals surface area (Å²) in [7, 11) is 4.19. The predicted molar refractivity (Wildman–Crippen MR) is 67.5 cm³/mol. The zero-order chi connectivity index (χ0) is 12.6. The second-order valence-electron chi connectivity index (χ2n) is 5.18. The van der Waals surface area contributed by atoms with Crippen LogP contribution in [-0.4, -0.2) is 36.1 Å². The van der Waals surface area contributed by atoms with Gasteiger partial charge in [-0.05, 0) is 51.6 Å². The maximum Gasteiger partial charge on any atom is 0.335 e. The topological polar surface area (TPSA) is 40.5 Å². The van der Waals surface area contributed by atoms with Crippen LogP contribution in [0.1, 0.15) is 35.7 Å². The summed E-state index contributed by atoms with van der Waals surface area (Å²) in [6, 6.07) is 7.84. The molecule has 3 heteroatoms. The van der Waals surface area contributed by atoms with Crippen molar-refractivity contribution in [3.05, 3.63) is 35.4 Å². The Morgan fingerprint density at radius 3 is 2.18 bits per heavy atom. The van der Waals surface area contributed by atoms with E-state index in [-0.39, 0.29) is 5.41 Å². The van der Waals surface area contributed by atoms with Crippen molar-refractivity contribution in [2.45, 2.75) is 31.2 Å². The Morgan fingerprint density at radius 1 is 1.29 bits per heavy atom. The van der Waals surface area contributed by atoms with Gasteiger partial charge in [-0.2, -0.15) is 0 Å². The Hall–Kier alpha value is -1.35. The van der Waals surface area contributed by atoms with Crippen LogP contribution < -0.4 is 0 Å². The van der Waals surface area contributed by atoms with Gasteiger partial charge in [-0.1, -0.05) is 12.1 Å². The Morgan fingerprint density at radius 2 is 1.82 bits per heavy atom. The Kier molecular flexibility index (Phi) is 2.96. The molecule has 1 atom stereocenters. The van der Waals surface area contributed by atoms with Crippen LogP contribution in [0.4, 0.5) is 0 Å². The summed E-state index contributed by atoms with van der Waals surface area (Å²) in [6.07, 6.45) is 2.39. The molecule has 17 heavy (non-hydrogen) atoms. The summed E-state index contributed by atoms with van der Waals surface area (Å²) in [4.78, 5) is 13.0. The molecule has 0 radical (unpaired) electrons. The molecule has 3 nitrogen and oxygen atoms in total. The quantitative estimate of drug-likeness (QED) is 0.868. The highest BCUT2D eigenvalue weighted by atomic mass is 16.4. The van der Waals surface area contributed by atoms with Crippen LogP contribution in [0.25, 0.3) is 0 Å². The van der Waals surface area contributed by atoms with E-state index < -0.39 is 5.97 Å². The first kappa shape index (κ1) is 12.1. The van der Waals surface area contributed by atoms with E-state index in [1.807, 2.05) is 12.1 Å². The molecule has 0 heterocycles. The average Bonchev–Trinajstić information content (AvgIpc) is 3.09. The van der Waals surface area contributed by atoms with Crippen molar-refractivity contribution in [3.63, 3.8) is 0 Å². The third-order valence-corrected chi connectivity index (χ3v) is 4.07. The van der Waals surface area contributed by atoms with Gasteiger partial charge >= 0.3 is 5.97 Å². The van der Waals surface area contributed by atoms with Crippen LogP contribution in [0.3, 0.4) is 0 Å². The maximum atomic E-state index is 10.8. The van der Waals surface area contributed by atoms with E-state index in [9.17, 15) is 4.79 Å². The minimum absolute atomic E-state index is 0.237. The van der Waals surface area contributed by atoms with E-state index in [2.05, 4.69) is 25.9 Å². The lowest BCUT2D eigenvalue weighted by Gasteiger charge is -2.29. The zero-order valence-corrected chi connectivity index (χ0v) is 10.6. The number of carboxylic acid groups (broad SMARTS) is 1. The number of carbonyl (C=O) groups is 1. The molecule has 1 aliphatic rings. The minimum atomic E-state index is -0.859. The second kappa shape index (κ2) is 4.15. The molecule has 1 unspecified atom stereocenters. The molecule has 1 aliphatic carbocycles. The summed E-state index contributed by atoms with van der Waals surface area (Å²) in [5.41, 5.74) is 1.87. The third kappa shape index (κ3) is 2.07. The first-order valence-electron chi connectivity index (χ1n) is 5.97. The smallest absolute Gasteiger partial charge is 0.335 e. The fourth-order valence-corrected chi connectivity index (χ4v) is 2.52. The molecule has 0 saturated heterocycles. The van der Waals surface area contributed by atoms with Gasteiger partial charge in [-0.3, -0.25) is 0 Å². The summed E-state index contributed by atoms with van der Waals surface area (Å²) in [6.45, 7) is 2.23. The number of benzene rings is 1. The van der Waals surface area contributed by atoms with E-state index in [1.165, 1.54) is 18.4 Å². The molecule has 1 N–H and O–H groups in total. The Labute approximate surface area is 102 Å². The Bertz CT molecular complexity index is 418. The Balaban J connectivity index is 2.26. The lowest BCUT2D eigenvalue weighted by molar-refractivity contribution is 0.0697. The van der Waals surface area contributed by atoms with Gasteiger partial charge in [-0.25, -0.2) is 4.79 Å². The molecular weight excluding hydrogens is 214 g/mol. The van der Waals surface area contributed by atoms with Gasteiger partial charge in [-0.15, -0.1) is 0 Å². The molecule has 2 rings (SSSR count). The molecule has 1 aromatic rings. The van der Waals surface area contributed by atoms with Gasteiger partial charge in [0.1, 0.15) is 0 Å². The highest BCUT2D eigenvalue weighted by Gasteiger charge is 2.49. The summed E-state index contributed by atoms with van der Waals surface area (Å²) < 4.78 is 0. The van der Waals surface area contributed by atoms with Crippen molar-refractivity contribution in [1.82, 2.24) is 4.90 Å². The van der Waals surface area contributed by atoms with Crippen LogP contribution in [0.5, 0.6) is 0 Å². The van der Waals surface area contributed by atoms with E-state index in [4.69, 9.17) is 5.11 Å². The fraction of sp³-hybridized carbons (Fsp3) is 0.500. The van der Waals surface area contributed by atoms with Crippen molar-refractivity contribution >= 4 is 5.97 Å². The molecule has 0 aliphatic heterocycles. The number of hydrogen-bond acceptors (Lipinski definition) is 2. The molecule has 0 bridgehead atoms. The number of carboxylic acids is 1. The molecule has 0 spiro atoms. The van der Waals surface area contributed by atoms with E-state index in [0.717, 1.165) is 0 Å². The molecular formula is C14H19NO2. The minimum Gasteiger partial charge on any atom is -0.478 e. The standard InChI is InChI=1S/C14H19NO2/c1-10(15(2)3)14(8-9-14)12-6-4-11(5-7-12)13(16)17/h4-7,10H,8-9H2,1-3H3,(H,16,17). The first-order valence-corrected chi connectivity index (χ1v) is 5.97. The molecule has 0 amide bonds. The van der Waals surface area contributed by atoms with Crippen molar-refractivity contribution in [3.8, 4) is 0 Å². The summed E-state index contributed by atoms with van der Waals surface area (Å²) >= 11 is 0. The van der Waals surface area contributed by atoms with E-state index in [0.29, 0.717) is 11.6 Å². The first-order chi connectivity index (χ1) is 7.97. The van der Waals surface area contributed by atoms with Crippen LogP contribution in [0.2, 0.25) is 0 Å². The highest BCUT2D eigenvalue weighted by Crippen LogP contribution is 2.52. The highest BCUT2D eigenvalue weighted by molar-refractivity contribution is 5.87. The molecule has 1 fully saturated rings. The van der Waals surface area contributed by atoms with Crippen molar-refractivity contribution in [2.24, 2.45) is 0 Å². The number of likely N-dealkylation sites (N-methyl/N-ethyl adjacent to an activating group) is 1. The van der Waals surface area contributed by atoms with E-state index in [1.54, 1.807) is 12.1 Å². The van der Waals surface area contributed by atoms with Gasteiger partial charge in [0.05, 0.1) is 5.56 Å². The number of rotatable bonds is 4. The zero-order valence-electron chi connectivity index (χ0n) is 10.6. The average molecular weight is 233 g/mol. The predicted octanol–water partition coefficient (Wildman–Crippen LogP) is 2.37. The summed E-state index contributed by atoms with van der Waals surface area (Å²) in [5, 5.41) is 8.88. The van der Waals surface area contributed by atoms with Gasteiger partial charge in [0.25, 0.3) is 0 Å². The number of nitrogens with zero attached hydrogens (tertiary/aromatic N) is 1. The lowest BCUT2D eigenvalue weighted by Crippen LogP contribution is -2.36. The van der Waals surface area contributed by atoms with Gasteiger partial charge in [0, 0.05) is 11.5 Å². The van der Waals surface area contributed by atoms with Crippen LogP contribution in [-0.2, 0) is 5.41 Å². The van der Waals surface area contributed by atoms with Crippen molar-refractivity contribution in [1.29, 1.82) is 0 Å². The van der Waals surface area contributed by atoms with Crippen molar-refractivity contribution < 1.29 is 9.90 Å². The summed E-state index contributed by atoms with van der Waals surface area (Å²) in [5.74, 6) is -0.859. The second-order valence-corrected chi connectivity index (χ2v) is 5.18. The van der Waals surface area contributed by atoms with Gasteiger partial charge < -0.3 is 10.0 Å². The van der Waals surface area contributed by atoms with E-state index >= 15 is 0 Å². The number of aromatic carboxylic acids is 1. The molecule has 1 saturated carbocycles. The van der Waals surface area contributed by atoms with Crippen molar-refractivity contribution in [2.75, 3.05) is 14.1 Å².